The Bertz CT molecular complexity index is 919. The number of carboxylic acid groups (broad SMARTS) is 1. The van der Waals surface area contributed by atoms with Crippen LogP contribution in [0.25, 0.3) is 10.8 Å². The van der Waals surface area contributed by atoms with Crippen LogP contribution in [0.2, 0.25) is 0 Å². The van der Waals surface area contributed by atoms with Crippen molar-refractivity contribution in [3.8, 4) is 0 Å². The second kappa shape index (κ2) is 7.70. The molecule has 0 fully saturated rings. The molecule has 132 valence electrons. The van der Waals surface area contributed by atoms with Gasteiger partial charge in [-0.15, -0.1) is 0 Å². The molecule has 26 heavy (non-hydrogen) atoms. The molecule has 0 unspecified atom stereocenters. The second-order valence-corrected chi connectivity index (χ2v) is 6.05. The van der Waals surface area contributed by atoms with Crippen molar-refractivity contribution < 1.29 is 14.7 Å². The minimum Gasteiger partial charge on any atom is -0.480 e. The molecule has 2 amide bonds. The number of aliphatic carboxylic acids is 1. The van der Waals surface area contributed by atoms with Gasteiger partial charge in [-0.05, 0) is 35.4 Å². The number of fused-ring (bicyclic) bond motifs is 1. The van der Waals surface area contributed by atoms with E-state index in [1.807, 2.05) is 55.5 Å². The van der Waals surface area contributed by atoms with Crippen LogP contribution in [-0.2, 0) is 4.79 Å². The summed E-state index contributed by atoms with van der Waals surface area (Å²) in [6, 6.07) is 22.0. The first-order chi connectivity index (χ1) is 12.6. The van der Waals surface area contributed by atoms with Gasteiger partial charge < -0.3 is 10.4 Å². The summed E-state index contributed by atoms with van der Waals surface area (Å²) in [4.78, 5) is 25.2. The zero-order chi connectivity index (χ0) is 18.5. The maximum Gasteiger partial charge on any atom is 0.323 e. The number of amides is 2. The van der Waals surface area contributed by atoms with Gasteiger partial charge in [0.1, 0.15) is 6.54 Å². The van der Waals surface area contributed by atoms with Crippen molar-refractivity contribution >= 4 is 28.5 Å². The van der Waals surface area contributed by atoms with Crippen molar-refractivity contribution in [1.82, 2.24) is 5.32 Å². The first-order valence-corrected chi connectivity index (χ1v) is 8.39. The summed E-state index contributed by atoms with van der Waals surface area (Å²) in [5, 5.41) is 14.2. The van der Waals surface area contributed by atoms with Crippen molar-refractivity contribution in [2.24, 2.45) is 0 Å². The monoisotopic (exact) mass is 348 g/mol. The van der Waals surface area contributed by atoms with E-state index in [9.17, 15) is 9.59 Å². The van der Waals surface area contributed by atoms with E-state index < -0.39 is 18.5 Å². The highest BCUT2D eigenvalue weighted by molar-refractivity contribution is 5.97. The Hall–Kier alpha value is -3.34. The van der Waals surface area contributed by atoms with Crippen LogP contribution in [0.3, 0.4) is 0 Å². The lowest BCUT2D eigenvalue weighted by Crippen LogP contribution is -2.43. The molecular formula is C21H20N2O3. The summed E-state index contributed by atoms with van der Waals surface area (Å²) in [5.74, 6) is -1.07. The fourth-order valence-corrected chi connectivity index (χ4v) is 2.99. The van der Waals surface area contributed by atoms with Gasteiger partial charge in [-0.3, -0.25) is 9.69 Å². The van der Waals surface area contributed by atoms with Crippen molar-refractivity contribution in [1.29, 1.82) is 0 Å². The third-order valence-corrected chi connectivity index (χ3v) is 4.24. The Kier molecular flexibility index (Phi) is 5.17. The average Bonchev–Trinajstić information content (AvgIpc) is 2.66. The fourth-order valence-electron chi connectivity index (χ4n) is 2.99. The van der Waals surface area contributed by atoms with E-state index in [-0.39, 0.29) is 6.04 Å². The van der Waals surface area contributed by atoms with E-state index in [0.29, 0.717) is 5.69 Å². The Morgan fingerprint density at radius 1 is 0.962 bits per heavy atom. The third-order valence-electron chi connectivity index (χ3n) is 4.24. The molecule has 3 aromatic carbocycles. The molecular weight excluding hydrogens is 328 g/mol. The van der Waals surface area contributed by atoms with Crippen LogP contribution in [0.5, 0.6) is 0 Å². The second-order valence-electron chi connectivity index (χ2n) is 6.05. The number of carboxylic acids is 1. The van der Waals surface area contributed by atoms with Crippen LogP contribution in [0.1, 0.15) is 18.5 Å². The van der Waals surface area contributed by atoms with Gasteiger partial charge in [-0.1, -0.05) is 60.7 Å². The lowest BCUT2D eigenvalue weighted by atomic mass is 10.00. The van der Waals surface area contributed by atoms with Gasteiger partial charge in [-0.2, -0.15) is 0 Å². The molecule has 3 aromatic rings. The first-order valence-electron chi connectivity index (χ1n) is 8.39. The summed E-state index contributed by atoms with van der Waals surface area (Å²) in [5.41, 5.74) is 1.53. The van der Waals surface area contributed by atoms with E-state index in [4.69, 9.17) is 5.11 Å². The number of nitrogens with one attached hydrogen (secondary N) is 1. The SMILES string of the molecule is C[C@@H](NC(=O)N(CC(=O)O)c1ccccc1)c1cccc2ccccc12. The molecule has 0 aromatic heterocycles. The van der Waals surface area contributed by atoms with Gasteiger partial charge in [0, 0.05) is 5.69 Å². The number of carbonyl (C=O) groups is 2. The van der Waals surface area contributed by atoms with Gasteiger partial charge in [0.05, 0.1) is 6.04 Å². The van der Waals surface area contributed by atoms with Gasteiger partial charge in [-0.25, -0.2) is 4.79 Å². The maximum atomic E-state index is 12.8. The highest BCUT2D eigenvalue weighted by atomic mass is 16.4. The quantitative estimate of drug-likeness (QED) is 0.726. The summed E-state index contributed by atoms with van der Waals surface area (Å²) < 4.78 is 0. The van der Waals surface area contributed by atoms with Crippen LogP contribution in [-0.4, -0.2) is 23.7 Å². The lowest BCUT2D eigenvalue weighted by Gasteiger charge is -2.24. The van der Waals surface area contributed by atoms with E-state index >= 15 is 0 Å². The Morgan fingerprint density at radius 2 is 1.62 bits per heavy atom. The van der Waals surface area contributed by atoms with E-state index in [1.54, 1.807) is 24.3 Å². The molecule has 0 aliphatic carbocycles. The van der Waals surface area contributed by atoms with Gasteiger partial charge in [0.2, 0.25) is 0 Å². The molecule has 0 saturated carbocycles. The molecule has 5 heteroatoms. The number of para-hydroxylation sites is 1. The summed E-state index contributed by atoms with van der Waals surface area (Å²) >= 11 is 0. The summed E-state index contributed by atoms with van der Waals surface area (Å²) in [7, 11) is 0. The van der Waals surface area contributed by atoms with E-state index in [2.05, 4.69) is 5.32 Å². The summed E-state index contributed by atoms with van der Waals surface area (Å²) in [6.45, 7) is 1.49. The first kappa shape index (κ1) is 17.5. The van der Waals surface area contributed by atoms with Gasteiger partial charge >= 0.3 is 12.0 Å². The smallest absolute Gasteiger partial charge is 0.323 e. The van der Waals surface area contributed by atoms with Crippen LogP contribution in [0, 0.1) is 0 Å². The van der Waals surface area contributed by atoms with Gasteiger partial charge in [0.15, 0.2) is 0 Å². The summed E-state index contributed by atoms with van der Waals surface area (Å²) in [6.07, 6.45) is 0. The van der Waals surface area contributed by atoms with E-state index in [1.165, 1.54) is 4.90 Å². The lowest BCUT2D eigenvalue weighted by molar-refractivity contribution is -0.135. The molecule has 0 heterocycles. The normalized spacial score (nSPS) is 11.7. The highest BCUT2D eigenvalue weighted by Gasteiger charge is 2.21. The topological polar surface area (TPSA) is 69.6 Å². The largest absolute Gasteiger partial charge is 0.480 e. The number of hydrogen-bond acceptors (Lipinski definition) is 2. The Morgan fingerprint density at radius 3 is 2.35 bits per heavy atom. The van der Waals surface area contributed by atoms with Crippen LogP contribution in [0.4, 0.5) is 10.5 Å². The van der Waals surface area contributed by atoms with Crippen LogP contribution in [0.15, 0.2) is 72.8 Å². The average molecular weight is 348 g/mol. The van der Waals surface area contributed by atoms with Crippen LogP contribution >= 0.6 is 0 Å². The minimum absolute atomic E-state index is 0.270. The third kappa shape index (κ3) is 3.83. The van der Waals surface area contributed by atoms with Crippen molar-refractivity contribution in [2.75, 3.05) is 11.4 Å². The number of benzene rings is 3. The molecule has 5 nitrogen and oxygen atoms in total. The number of urea groups is 1. The Labute approximate surface area is 151 Å². The molecule has 0 aliphatic rings. The molecule has 0 radical (unpaired) electrons. The van der Waals surface area contributed by atoms with Crippen molar-refractivity contribution in [3.63, 3.8) is 0 Å². The molecule has 2 N–H and O–H groups in total. The molecule has 0 aliphatic heterocycles. The highest BCUT2D eigenvalue weighted by Crippen LogP contribution is 2.24. The minimum atomic E-state index is -1.07. The predicted octanol–water partition coefficient (Wildman–Crippen LogP) is 4.20. The maximum absolute atomic E-state index is 12.8. The zero-order valence-corrected chi connectivity index (χ0v) is 14.4. The predicted molar refractivity (Wildman–Crippen MR) is 102 cm³/mol. The number of anilines is 1. The zero-order valence-electron chi connectivity index (χ0n) is 14.4. The van der Waals surface area contributed by atoms with E-state index in [0.717, 1.165) is 16.3 Å². The number of rotatable bonds is 5. The number of nitrogens with zero attached hydrogens (tertiary/aromatic N) is 1. The van der Waals surface area contributed by atoms with Crippen LogP contribution < -0.4 is 10.2 Å². The fraction of sp³-hybridized carbons (Fsp3) is 0.143. The standard InChI is InChI=1S/C21H20N2O3/c1-15(18-13-7-9-16-8-5-6-12-19(16)18)22-21(26)23(14-20(24)25)17-10-3-2-4-11-17/h2-13,15H,14H2,1H3,(H,22,26)(H,24,25)/t15-/m1/s1. The molecule has 0 bridgehead atoms. The Balaban J connectivity index is 1.85. The molecule has 0 saturated heterocycles. The molecule has 3 rings (SSSR count). The number of carbonyl (C=O) groups excluding carboxylic acids is 1. The molecule has 0 spiro atoms. The van der Waals surface area contributed by atoms with Gasteiger partial charge in [0.25, 0.3) is 0 Å². The van der Waals surface area contributed by atoms with Crippen molar-refractivity contribution in [2.45, 2.75) is 13.0 Å². The molecule has 1 atom stereocenters. The van der Waals surface area contributed by atoms with Crippen molar-refractivity contribution in [3.05, 3.63) is 78.4 Å². The number of hydrogen-bond donors (Lipinski definition) is 2.